The fourth-order valence-electron chi connectivity index (χ4n) is 4.26. The minimum absolute atomic E-state index is 0.246. The van der Waals surface area contributed by atoms with Crippen LogP contribution in [0.5, 0.6) is 0 Å². The maximum atomic E-state index is 6.23. The van der Waals surface area contributed by atoms with Gasteiger partial charge in [-0.15, -0.1) is 0 Å². The third-order valence-electron chi connectivity index (χ3n) is 6.21. The second-order valence-electron chi connectivity index (χ2n) is 9.30. The Morgan fingerprint density at radius 3 is 2.33 bits per heavy atom. The lowest BCUT2D eigenvalue weighted by molar-refractivity contribution is 0.523. The van der Waals surface area contributed by atoms with E-state index in [4.69, 9.17) is 8.83 Å². The van der Waals surface area contributed by atoms with Crippen molar-refractivity contribution in [2.45, 2.75) is 20.8 Å². The molecule has 2 heteroatoms. The van der Waals surface area contributed by atoms with Gasteiger partial charge in [-0.1, -0.05) is 100 Å². The molecule has 0 N–H and O–H groups in total. The zero-order valence-electron chi connectivity index (χ0n) is 21.4. The number of furan rings is 2. The quantitative estimate of drug-likeness (QED) is 0.423. The maximum Gasteiger partial charge on any atom is 0.135 e. The Balaban J connectivity index is 2.09. The van der Waals surface area contributed by atoms with Gasteiger partial charge < -0.3 is 8.83 Å². The molecule has 1 unspecified atom stereocenters. The number of rotatable bonds is 1. The minimum atomic E-state index is 0.246. The van der Waals surface area contributed by atoms with E-state index >= 15 is 0 Å². The first-order valence-electron chi connectivity index (χ1n) is 12.0. The lowest BCUT2D eigenvalue weighted by atomic mass is 9.98. The first-order valence-corrected chi connectivity index (χ1v) is 12.0. The van der Waals surface area contributed by atoms with Gasteiger partial charge in [-0.05, 0) is 59.6 Å². The van der Waals surface area contributed by atoms with Crippen molar-refractivity contribution in [1.29, 1.82) is 0 Å². The van der Waals surface area contributed by atoms with Crippen LogP contribution in [0.3, 0.4) is 0 Å². The van der Waals surface area contributed by atoms with E-state index in [1.807, 2.05) is 68.5 Å². The van der Waals surface area contributed by atoms with Gasteiger partial charge in [0.25, 0.3) is 0 Å². The molecular formula is C34H32O2. The van der Waals surface area contributed by atoms with Crippen molar-refractivity contribution in [3.8, 4) is 0 Å². The lowest BCUT2D eigenvalue weighted by Gasteiger charge is -2.03. The van der Waals surface area contributed by atoms with Gasteiger partial charge in [0.15, 0.2) is 0 Å². The molecule has 0 aliphatic heterocycles. The lowest BCUT2D eigenvalue weighted by Crippen LogP contribution is -2.22. The third-order valence-corrected chi connectivity index (χ3v) is 6.21. The average molecular weight is 473 g/mol. The highest BCUT2D eigenvalue weighted by Gasteiger charge is 2.17. The highest BCUT2D eigenvalue weighted by molar-refractivity contribution is 5.86. The summed E-state index contributed by atoms with van der Waals surface area (Å²) in [7, 11) is 0. The number of fused-ring (bicyclic) bond motifs is 2. The summed E-state index contributed by atoms with van der Waals surface area (Å²) in [6, 6.07) is 9.90. The smallest absolute Gasteiger partial charge is 0.135 e. The van der Waals surface area contributed by atoms with Gasteiger partial charge in [0.05, 0.1) is 0 Å². The van der Waals surface area contributed by atoms with Crippen molar-refractivity contribution in [2.75, 3.05) is 0 Å². The predicted octanol–water partition coefficient (Wildman–Crippen LogP) is 6.17. The molecule has 2 aromatic heterocycles. The van der Waals surface area contributed by atoms with Crippen LogP contribution in [0.15, 0.2) is 88.3 Å². The third kappa shape index (κ3) is 5.18. The summed E-state index contributed by atoms with van der Waals surface area (Å²) in [6.45, 7) is 27.3. The Labute approximate surface area is 212 Å². The van der Waals surface area contributed by atoms with Crippen molar-refractivity contribution in [2.24, 2.45) is 5.92 Å². The summed E-state index contributed by atoms with van der Waals surface area (Å²) in [5.41, 5.74) is 5.95. The van der Waals surface area contributed by atoms with Crippen LogP contribution in [-0.2, 0) is 0 Å². The Morgan fingerprint density at radius 2 is 1.56 bits per heavy atom. The fourth-order valence-corrected chi connectivity index (χ4v) is 4.26. The Bertz CT molecular complexity index is 1750. The summed E-state index contributed by atoms with van der Waals surface area (Å²) < 4.78 is 12.4. The number of hydrogen-bond donors (Lipinski definition) is 0. The van der Waals surface area contributed by atoms with E-state index in [0.29, 0.717) is 11.0 Å². The van der Waals surface area contributed by atoms with E-state index in [0.717, 1.165) is 60.4 Å². The van der Waals surface area contributed by atoms with Gasteiger partial charge in [0, 0.05) is 21.7 Å². The molecule has 36 heavy (non-hydrogen) atoms. The topological polar surface area (TPSA) is 26.3 Å². The second kappa shape index (κ2) is 10.1. The first-order chi connectivity index (χ1) is 17.1. The standard InChI is InChI=1S/C34H32O2/c1-21-9-10-22(2)14-17-31-33(25(5)16-13-21)29(27(7)35-31)20-30-28(8)36-32-18-15-23(3)11-12-24(4)19-26(6)34(30)32/h9-21H,2-3,5-6,8H2,1,4,7H3/b10-9-,12-11?,16-13-,17-14-,18-15?,24-19?,30-20+. The van der Waals surface area contributed by atoms with Gasteiger partial charge in [-0.25, -0.2) is 0 Å². The van der Waals surface area contributed by atoms with Crippen LogP contribution in [0, 0.1) is 19.8 Å². The first kappa shape index (κ1) is 24.8. The molecule has 180 valence electrons. The SMILES string of the molecule is C=C1/C=C\c2oc(C)c(/C=c3\c(=C)oc4ccc(=C)ccc(C)cc(=C)c34)c2C(=C)/C=C\C(C)/C=C\1. The average Bonchev–Trinajstić information content (AvgIpc) is 3.31. The van der Waals surface area contributed by atoms with Gasteiger partial charge in [0.2, 0.25) is 0 Å². The number of hydrogen-bond acceptors (Lipinski definition) is 2. The van der Waals surface area contributed by atoms with Crippen LogP contribution >= 0.6 is 0 Å². The molecule has 0 bridgehead atoms. The Hall–Kier alpha value is -4.30. The van der Waals surface area contributed by atoms with Crippen molar-refractivity contribution in [3.63, 3.8) is 0 Å². The summed E-state index contributed by atoms with van der Waals surface area (Å²) in [5, 5.41) is 3.48. The van der Waals surface area contributed by atoms with Gasteiger partial charge in [-0.2, -0.15) is 0 Å². The molecule has 2 nitrogen and oxygen atoms in total. The molecule has 0 saturated heterocycles. The molecule has 1 aliphatic carbocycles. The van der Waals surface area contributed by atoms with Gasteiger partial charge in [-0.3, -0.25) is 0 Å². The van der Waals surface area contributed by atoms with E-state index in [1.165, 1.54) is 0 Å². The number of aryl methyl sites for hydroxylation is 2. The fraction of sp³-hybridized carbons (Fsp3) is 0.118. The zero-order valence-corrected chi connectivity index (χ0v) is 21.4. The predicted molar refractivity (Wildman–Crippen MR) is 155 cm³/mol. The Morgan fingerprint density at radius 1 is 0.833 bits per heavy atom. The summed E-state index contributed by atoms with van der Waals surface area (Å²) in [6.07, 6.45) is 14.3. The second-order valence-corrected chi connectivity index (χ2v) is 9.30. The molecule has 0 spiro atoms. The number of allylic oxidation sites excluding steroid dienone is 7. The van der Waals surface area contributed by atoms with Gasteiger partial charge in [0.1, 0.15) is 22.5 Å². The van der Waals surface area contributed by atoms with Gasteiger partial charge >= 0.3 is 0 Å². The molecule has 0 amide bonds. The molecule has 2 heterocycles. The van der Waals surface area contributed by atoms with Crippen LogP contribution < -0.4 is 21.1 Å². The van der Waals surface area contributed by atoms with Crippen molar-refractivity contribution in [1.82, 2.24) is 0 Å². The van der Waals surface area contributed by atoms with Crippen molar-refractivity contribution < 1.29 is 8.83 Å². The highest BCUT2D eigenvalue weighted by Crippen LogP contribution is 2.32. The molecule has 1 atom stereocenters. The Kier molecular flexibility index (Phi) is 6.98. The summed E-state index contributed by atoms with van der Waals surface area (Å²) in [4.78, 5) is 0. The summed E-state index contributed by atoms with van der Waals surface area (Å²) >= 11 is 0. The van der Waals surface area contributed by atoms with E-state index < -0.39 is 0 Å². The van der Waals surface area contributed by atoms with Crippen LogP contribution in [0.4, 0.5) is 0 Å². The maximum absolute atomic E-state index is 6.23. The van der Waals surface area contributed by atoms with Crippen LogP contribution in [0.1, 0.15) is 35.1 Å². The molecule has 0 saturated carbocycles. The van der Waals surface area contributed by atoms with E-state index in [-0.39, 0.29) is 5.92 Å². The molecule has 1 aromatic carbocycles. The van der Waals surface area contributed by atoms with Crippen LogP contribution in [0.25, 0.3) is 48.4 Å². The molecular weight excluding hydrogens is 440 g/mol. The largest absolute Gasteiger partial charge is 0.461 e. The molecule has 0 radical (unpaired) electrons. The zero-order chi connectivity index (χ0) is 26.0. The van der Waals surface area contributed by atoms with Crippen LogP contribution in [-0.4, -0.2) is 0 Å². The molecule has 0 fully saturated rings. The minimum Gasteiger partial charge on any atom is -0.461 e. The van der Waals surface area contributed by atoms with E-state index in [9.17, 15) is 0 Å². The summed E-state index contributed by atoms with van der Waals surface area (Å²) in [5.74, 6) is 1.76. The van der Waals surface area contributed by atoms with Crippen molar-refractivity contribution in [3.05, 3.63) is 129 Å². The molecule has 1 aliphatic rings. The molecule has 4 rings (SSSR count). The highest BCUT2D eigenvalue weighted by atomic mass is 16.3. The van der Waals surface area contributed by atoms with E-state index in [2.05, 4.69) is 58.0 Å². The van der Waals surface area contributed by atoms with Crippen LogP contribution in [0.2, 0.25) is 0 Å². The molecule has 3 aromatic rings. The van der Waals surface area contributed by atoms with Crippen molar-refractivity contribution >= 4 is 48.4 Å². The monoisotopic (exact) mass is 472 g/mol. The van der Waals surface area contributed by atoms with E-state index in [1.54, 1.807) is 0 Å². The normalized spacial score (nSPS) is 18.9.